The van der Waals surface area contributed by atoms with E-state index >= 15 is 0 Å². The topological polar surface area (TPSA) is 86.8 Å². The van der Waals surface area contributed by atoms with Crippen molar-refractivity contribution in [3.63, 3.8) is 0 Å². The van der Waals surface area contributed by atoms with Crippen LogP contribution >= 0.6 is 0 Å². The molecule has 4 atom stereocenters. The largest absolute Gasteiger partial charge is 0.508 e. The number of aliphatic hydroxyl groups excluding tert-OH is 1. The van der Waals surface area contributed by atoms with E-state index in [4.69, 9.17) is 0 Å². The molecule has 1 saturated carbocycles. The van der Waals surface area contributed by atoms with E-state index in [1.54, 1.807) is 18.2 Å². The predicted molar refractivity (Wildman–Crippen MR) is 109 cm³/mol. The van der Waals surface area contributed by atoms with Crippen molar-refractivity contribution in [3.8, 4) is 5.75 Å². The van der Waals surface area contributed by atoms with Crippen molar-refractivity contribution < 1.29 is 15.1 Å². The third-order valence-corrected chi connectivity index (χ3v) is 7.49. The zero-order valence-electron chi connectivity index (χ0n) is 16.3. The Kier molecular flexibility index (Phi) is 4.37. The molecule has 5 rings (SSSR count). The molecule has 2 fully saturated rings. The van der Waals surface area contributed by atoms with Crippen molar-refractivity contribution in [1.29, 1.82) is 0 Å². The molecule has 0 aromatic heterocycles. The van der Waals surface area contributed by atoms with Gasteiger partial charge in [-0.1, -0.05) is 18.2 Å². The monoisotopic (exact) mass is 394 g/mol. The van der Waals surface area contributed by atoms with Gasteiger partial charge in [-0.25, -0.2) is 0 Å². The van der Waals surface area contributed by atoms with Crippen LogP contribution in [-0.4, -0.2) is 38.7 Å². The maximum absolute atomic E-state index is 10.9. The average molecular weight is 394 g/mol. The first kappa shape index (κ1) is 18.6. The van der Waals surface area contributed by atoms with Crippen molar-refractivity contribution in [2.45, 2.75) is 56.2 Å². The predicted octanol–water partition coefficient (Wildman–Crippen LogP) is 3.53. The van der Waals surface area contributed by atoms with Crippen molar-refractivity contribution >= 4 is 5.69 Å². The second-order valence-corrected chi connectivity index (χ2v) is 8.95. The number of likely N-dealkylation sites (tertiary alicyclic amines) is 1. The summed E-state index contributed by atoms with van der Waals surface area (Å²) in [6, 6.07) is 13.0. The lowest BCUT2D eigenvalue weighted by Gasteiger charge is -2.59. The fraction of sp³-hybridized carbons (Fsp3) is 0.478. The van der Waals surface area contributed by atoms with Crippen LogP contribution in [0.1, 0.15) is 42.4 Å². The van der Waals surface area contributed by atoms with Gasteiger partial charge in [0.2, 0.25) is 0 Å². The highest BCUT2D eigenvalue weighted by molar-refractivity contribution is 5.45. The fourth-order valence-corrected chi connectivity index (χ4v) is 6.23. The van der Waals surface area contributed by atoms with Gasteiger partial charge in [0.25, 0.3) is 5.69 Å². The number of aromatic hydroxyl groups is 1. The molecule has 1 heterocycles. The van der Waals surface area contributed by atoms with E-state index in [9.17, 15) is 20.3 Å². The Morgan fingerprint density at radius 2 is 1.97 bits per heavy atom. The van der Waals surface area contributed by atoms with E-state index in [1.165, 1.54) is 11.1 Å². The first-order valence-corrected chi connectivity index (χ1v) is 10.4. The molecular weight excluding hydrogens is 368 g/mol. The third kappa shape index (κ3) is 3.02. The minimum atomic E-state index is -0.361. The lowest BCUT2D eigenvalue weighted by molar-refractivity contribution is -0.384. The van der Waals surface area contributed by atoms with Crippen LogP contribution in [-0.2, 0) is 18.4 Å². The fourth-order valence-electron chi connectivity index (χ4n) is 6.23. The Labute approximate surface area is 169 Å². The molecule has 6 nitrogen and oxygen atoms in total. The molecule has 29 heavy (non-hydrogen) atoms. The van der Waals surface area contributed by atoms with E-state index in [1.807, 2.05) is 24.3 Å². The number of benzene rings is 2. The van der Waals surface area contributed by atoms with Crippen molar-refractivity contribution in [2.75, 3.05) is 6.54 Å². The summed E-state index contributed by atoms with van der Waals surface area (Å²) in [4.78, 5) is 13.1. The molecule has 2 bridgehead atoms. The molecule has 1 saturated heterocycles. The number of non-ortho nitro benzene ring substituents is 1. The number of phenolic OH excluding ortho intramolecular Hbond substituents is 1. The number of hydrogen-bond donors (Lipinski definition) is 2. The van der Waals surface area contributed by atoms with E-state index in [2.05, 4.69) is 4.90 Å². The van der Waals surface area contributed by atoms with E-state index in [0.29, 0.717) is 17.7 Å². The first-order valence-electron chi connectivity index (χ1n) is 10.4. The van der Waals surface area contributed by atoms with Crippen LogP contribution in [0.4, 0.5) is 5.69 Å². The molecule has 3 aliphatic rings. The Balaban J connectivity index is 1.47. The lowest BCUT2D eigenvalue weighted by Crippen LogP contribution is -2.62. The van der Waals surface area contributed by atoms with Gasteiger partial charge in [0.05, 0.1) is 11.0 Å². The minimum Gasteiger partial charge on any atom is -0.508 e. The number of aliphatic hydroxyl groups is 1. The molecule has 1 aliphatic heterocycles. The third-order valence-electron chi connectivity index (χ3n) is 7.49. The van der Waals surface area contributed by atoms with Gasteiger partial charge in [-0.2, -0.15) is 0 Å². The van der Waals surface area contributed by atoms with Crippen molar-refractivity contribution in [2.24, 2.45) is 5.92 Å². The number of fused-ring (bicyclic) bond motifs is 1. The summed E-state index contributed by atoms with van der Waals surface area (Å²) in [6.45, 7) is 1.71. The Hall–Kier alpha value is -2.44. The highest BCUT2D eigenvalue weighted by Crippen LogP contribution is 2.56. The standard InChI is InChI=1S/C23H26N2O4/c26-18-6-3-16-11-22-20-8-7-19(27)13-23(20,21(16)12-18)9-10-24(22)14-15-1-4-17(5-2-15)25(28)29/h1-6,12,19-20,22,26-27H,7-11,13-14H2/t19-,20?,22?,23+/m0/s1. The SMILES string of the molecule is O=[N+]([O-])c1ccc(CN2CC[C@@]34C[C@@H](O)CCC3C2Cc2ccc(O)cc24)cc1. The summed E-state index contributed by atoms with van der Waals surface area (Å²) in [5, 5.41) is 31.5. The van der Waals surface area contributed by atoms with Crippen LogP contribution in [0, 0.1) is 16.0 Å². The van der Waals surface area contributed by atoms with Gasteiger partial charge >= 0.3 is 0 Å². The maximum atomic E-state index is 10.9. The van der Waals surface area contributed by atoms with Gasteiger partial charge in [0.1, 0.15) is 5.75 Å². The van der Waals surface area contributed by atoms with Crippen LogP contribution in [0.15, 0.2) is 42.5 Å². The number of nitrogens with zero attached hydrogens (tertiary/aromatic N) is 2. The molecule has 6 heteroatoms. The molecule has 0 radical (unpaired) electrons. The Bertz CT molecular complexity index is 944. The Morgan fingerprint density at radius 1 is 1.17 bits per heavy atom. The van der Waals surface area contributed by atoms with E-state index in [0.717, 1.165) is 50.8 Å². The second kappa shape index (κ2) is 6.82. The summed E-state index contributed by atoms with van der Waals surface area (Å²) >= 11 is 0. The first-order chi connectivity index (χ1) is 14.0. The van der Waals surface area contributed by atoms with Crippen LogP contribution < -0.4 is 0 Å². The van der Waals surface area contributed by atoms with Gasteiger partial charge in [0, 0.05) is 30.1 Å². The normalized spacial score (nSPS) is 31.0. The van der Waals surface area contributed by atoms with Gasteiger partial charge < -0.3 is 10.2 Å². The zero-order chi connectivity index (χ0) is 20.2. The van der Waals surface area contributed by atoms with Gasteiger partial charge in [-0.15, -0.1) is 0 Å². The molecule has 2 N–H and O–H groups in total. The zero-order valence-corrected chi connectivity index (χ0v) is 16.3. The van der Waals surface area contributed by atoms with Crippen LogP contribution in [0.25, 0.3) is 0 Å². The lowest BCUT2D eigenvalue weighted by atomic mass is 9.52. The molecule has 2 unspecified atom stereocenters. The van der Waals surface area contributed by atoms with Gasteiger partial charge in [-0.3, -0.25) is 15.0 Å². The van der Waals surface area contributed by atoms with Crippen molar-refractivity contribution in [1.82, 2.24) is 4.90 Å². The summed E-state index contributed by atoms with van der Waals surface area (Å²) in [5.74, 6) is 0.774. The van der Waals surface area contributed by atoms with Gasteiger partial charge in [0.15, 0.2) is 0 Å². The summed E-state index contributed by atoms with van der Waals surface area (Å²) in [6.07, 6.45) is 4.25. The summed E-state index contributed by atoms with van der Waals surface area (Å²) in [5.41, 5.74) is 3.69. The molecule has 2 aromatic carbocycles. The number of piperidine rings is 1. The number of hydrogen-bond acceptors (Lipinski definition) is 5. The molecule has 152 valence electrons. The van der Waals surface area contributed by atoms with Crippen LogP contribution in [0.5, 0.6) is 5.75 Å². The molecule has 0 spiro atoms. The highest BCUT2D eigenvalue weighted by atomic mass is 16.6. The average Bonchev–Trinajstić information content (AvgIpc) is 2.70. The van der Waals surface area contributed by atoms with Crippen LogP contribution in [0.2, 0.25) is 0 Å². The van der Waals surface area contributed by atoms with E-state index < -0.39 is 0 Å². The molecule has 2 aromatic rings. The minimum absolute atomic E-state index is 0.0549. The quantitative estimate of drug-likeness (QED) is 0.614. The molecule has 2 aliphatic carbocycles. The van der Waals surface area contributed by atoms with Crippen molar-refractivity contribution in [3.05, 3.63) is 69.3 Å². The number of nitro benzene ring substituents is 1. The summed E-state index contributed by atoms with van der Waals surface area (Å²) < 4.78 is 0. The second-order valence-electron chi connectivity index (χ2n) is 8.95. The Morgan fingerprint density at radius 3 is 2.72 bits per heavy atom. The maximum Gasteiger partial charge on any atom is 0.269 e. The molecule has 0 amide bonds. The van der Waals surface area contributed by atoms with E-state index in [-0.39, 0.29) is 22.1 Å². The number of nitro groups is 1. The smallest absolute Gasteiger partial charge is 0.269 e. The van der Waals surface area contributed by atoms with Gasteiger partial charge in [-0.05, 0) is 73.4 Å². The number of phenols is 1. The number of rotatable bonds is 3. The molecular formula is C23H26N2O4. The summed E-state index contributed by atoms with van der Waals surface area (Å²) in [7, 11) is 0. The highest BCUT2D eigenvalue weighted by Gasteiger charge is 2.55. The van der Waals surface area contributed by atoms with Crippen LogP contribution in [0.3, 0.4) is 0 Å².